The Hall–Kier alpha value is -3.79. The monoisotopic (exact) mass is 366 g/mol. The van der Waals surface area contributed by atoms with Crippen molar-refractivity contribution in [3.05, 3.63) is 78.9 Å². The average Bonchev–Trinajstić information content (AvgIpc) is 3.06. The molecule has 4 heteroatoms. The average molecular weight is 366 g/mol. The summed E-state index contributed by atoms with van der Waals surface area (Å²) in [5.41, 5.74) is 6.39. The van der Waals surface area contributed by atoms with E-state index in [4.69, 9.17) is 4.74 Å². The molecule has 0 aromatic heterocycles. The van der Waals surface area contributed by atoms with Gasteiger partial charge < -0.3 is 15.4 Å². The quantitative estimate of drug-likeness (QED) is 0.403. The molecule has 0 fully saturated rings. The third-order valence-corrected chi connectivity index (χ3v) is 5.14. The summed E-state index contributed by atoms with van der Waals surface area (Å²) < 4.78 is 5.14. The van der Waals surface area contributed by atoms with Crippen molar-refractivity contribution in [3.63, 3.8) is 0 Å². The van der Waals surface area contributed by atoms with E-state index in [1.54, 1.807) is 7.11 Å². The Balaban J connectivity index is 1.48. The molecule has 0 radical (unpaired) electrons. The molecule has 4 aromatic rings. The summed E-state index contributed by atoms with van der Waals surface area (Å²) in [5.74, 6) is 0.748. The second-order valence-corrected chi connectivity index (χ2v) is 6.74. The molecule has 2 amide bonds. The Morgan fingerprint density at radius 3 is 2.11 bits per heavy atom. The highest BCUT2D eigenvalue weighted by Gasteiger charge is 2.22. The Morgan fingerprint density at radius 1 is 0.714 bits per heavy atom. The fraction of sp³-hybridized carbons (Fsp3) is 0.0417. The summed E-state index contributed by atoms with van der Waals surface area (Å²) in [7, 11) is 1.61. The first-order valence-corrected chi connectivity index (χ1v) is 9.12. The second kappa shape index (κ2) is 6.43. The highest BCUT2D eigenvalue weighted by atomic mass is 16.5. The molecule has 28 heavy (non-hydrogen) atoms. The molecule has 136 valence electrons. The zero-order valence-corrected chi connectivity index (χ0v) is 15.3. The van der Waals surface area contributed by atoms with Crippen LogP contribution in [0.5, 0.6) is 5.75 Å². The van der Waals surface area contributed by atoms with Gasteiger partial charge in [-0.1, -0.05) is 48.5 Å². The van der Waals surface area contributed by atoms with Crippen molar-refractivity contribution in [1.29, 1.82) is 0 Å². The van der Waals surface area contributed by atoms with Gasteiger partial charge in [-0.15, -0.1) is 0 Å². The van der Waals surface area contributed by atoms with Crippen LogP contribution < -0.4 is 15.4 Å². The number of hydrogen-bond donors (Lipinski definition) is 2. The number of carbonyl (C=O) groups is 1. The van der Waals surface area contributed by atoms with Crippen molar-refractivity contribution in [2.75, 3.05) is 17.7 Å². The lowest BCUT2D eigenvalue weighted by molar-refractivity contribution is 0.262. The molecule has 0 saturated heterocycles. The molecule has 0 saturated carbocycles. The van der Waals surface area contributed by atoms with E-state index in [2.05, 4.69) is 53.1 Å². The molecular formula is C24H18N2O2. The zero-order valence-electron chi connectivity index (χ0n) is 15.3. The molecule has 0 heterocycles. The van der Waals surface area contributed by atoms with Crippen molar-refractivity contribution >= 4 is 28.2 Å². The minimum atomic E-state index is -0.276. The van der Waals surface area contributed by atoms with E-state index in [1.807, 2.05) is 36.4 Å². The van der Waals surface area contributed by atoms with Crippen LogP contribution in [-0.4, -0.2) is 13.1 Å². The van der Waals surface area contributed by atoms with Gasteiger partial charge in [-0.2, -0.15) is 0 Å². The Kier molecular flexibility index (Phi) is 3.76. The summed E-state index contributed by atoms with van der Waals surface area (Å²) in [4.78, 5) is 12.5. The fourth-order valence-corrected chi connectivity index (χ4v) is 3.88. The number of fused-ring (bicyclic) bond motifs is 3. The van der Waals surface area contributed by atoms with Crippen LogP contribution in [0.15, 0.2) is 78.9 Å². The minimum absolute atomic E-state index is 0.276. The summed E-state index contributed by atoms with van der Waals surface area (Å²) >= 11 is 0. The number of hydrogen-bond acceptors (Lipinski definition) is 2. The maximum absolute atomic E-state index is 12.5. The van der Waals surface area contributed by atoms with Crippen molar-refractivity contribution in [3.8, 4) is 28.0 Å². The van der Waals surface area contributed by atoms with Crippen LogP contribution in [0.1, 0.15) is 0 Å². The summed E-state index contributed by atoms with van der Waals surface area (Å²) in [6, 6.07) is 25.7. The van der Waals surface area contributed by atoms with Crippen LogP contribution in [0.4, 0.5) is 16.2 Å². The number of anilines is 2. The Bertz CT molecular complexity index is 1180. The fourth-order valence-electron chi connectivity index (χ4n) is 3.88. The van der Waals surface area contributed by atoms with E-state index < -0.39 is 0 Å². The van der Waals surface area contributed by atoms with Crippen molar-refractivity contribution in [1.82, 2.24) is 0 Å². The molecule has 4 nitrogen and oxygen atoms in total. The lowest BCUT2D eigenvalue weighted by Crippen LogP contribution is -2.19. The summed E-state index contributed by atoms with van der Waals surface area (Å²) in [6.07, 6.45) is 0. The first-order valence-electron chi connectivity index (χ1n) is 9.12. The number of rotatable bonds is 3. The number of ether oxygens (including phenoxy) is 1. The number of benzene rings is 4. The van der Waals surface area contributed by atoms with Gasteiger partial charge >= 0.3 is 6.03 Å². The molecule has 0 aliphatic heterocycles. The van der Waals surface area contributed by atoms with Gasteiger partial charge in [-0.25, -0.2) is 4.79 Å². The van der Waals surface area contributed by atoms with Crippen LogP contribution in [0.25, 0.3) is 33.0 Å². The minimum Gasteiger partial charge on any atom is -0.497 e. The number of amides is 2. The smallest absolute Gasteiger partial charge is 0.323 e. The van der Waals surface area contributed by atoms with Gasteiger partial charge in [0.05, 0.1) is 12.8 Å². The van der Waals surface area contributed by atoms with Crippen LogP contribution in [-0.2, 0) is 0 Å². The number of methoxy groups -OCH3 is 1. The molecule has 1 aliphatic carbocycles. The van der Waals surface area contributed by atoms with Gasteiger partial charge in [-0.05, 0) is 58.0 Å². The molecule has 0 atom stereocenters. The van der Waals surface area contributed by atoms with E-state index in [0.717, 1.165) is 16.8 Å². The lowest BCUT2D eigenvalue weighted by atomic mass is 10.0. The van der Waals surface area contributed by atoms with Crippen LogP contribution in [0.3, 0.4) is 0 Å². The Labute approximate surface area is 162 Å². The topological polar surface area (TPSA) is 50.4 Å². The lowest BCUT2D eigenvalue weighted by Gasteiger charge is -2.12. The molecule has 0 unspecified atom stereocenters. The second-order valence-electron chi connectivity index (χ2n) is 6.74. The predicted molar refractivity (Wildman–Crippen MR) is 114 cm³/mol. The summed E-state index contributed by atoms with van der Waals surface area (Å²) in [6.45, 7) is 0. The molecule has 2 N–H and O–H groups in total. The predicted octanol–water partition coefficient (Wildman–Crippen LogP) is 6.14. The zero-order chi connectivity index (χ0) is 19.1. The van der Waals surface area contributed by atoms with Gasteiger partial charge in [0.2, 0.25) is 0 Å². The van der Waals surface area contributed by atoms with Gasteiger partial charge in [0.25, 0.3) is 0 Å². The third-order valence-electron chi connectivity index (χ3n) is 5.14. The van der Waals surface area contributed by atoms with Gasteiger partial charge in [-0.3, -0.25) is 0 Å². The van der Waals surface area contributed by atoms with E-state index >= 15 is 0 Å². The van der Waals surface area contributed by atoms with E-state index in [9.17, 15) is 4.79 Å². The molecule has 0 bridgehead atoms. The van der Waals surface area contributed by atoms with Crippen LogP contribution in [0, 0.1) is 0 Å². The highest BCUT2D eigenvalue weighted by Crippen LogP contribution is 2.48. The van der Waals surface area contributed by atoms with Crippen molar-refractivity contribution in [2.24, 2.45) is 0 Å². The first-order chi connectivity index (χ1) is 13.7. The van der Waals surface area contributed by atoms with Crippen LogP contribution in [0.2, 0.25) is 0 Å². The number of urea groups is 1. The highest BCUT2D eigenvalue weighted by molar-refractivity contribution is 6.19. The number of carbonyl (C=O) groups excluding carboxylic acids is 1. The SMILES string of the molecule is COc1ccc(NC(=O)Nc2ccc3c4c(cccc24)-c2ccccc2-3)cc1. The largest absolute Gasteiger partial charge is 0.497 e. The molecule has 0 spiro atoms. The van der Waals surface area contributed by atoms with E-state index in [-0.39, 0.29) is 6.03 Å². The normalized spacial score (nSPS) is 11.2. The summed E-state index contributed by atoms with van der Waals surface area (Å²) in [5, 5.41) is 8.08. The van der Waals surface area contributed by atoms with E-state index in [1.165, 1.54) is 27.6 Å². The number of nitrogens with one attached hydrogen (secondary N) is 2. The molecule has 1 aliphatic rings. The maximum Gasteiger partial charge on any atom is 0.323 e. The molecule has 4 aromatic carbocycles. The van der Waals surface area contributed by atoms with Gasteiger partial charge in [0.15, 0.2) is 0 Å². The first kappa shape index (κ1) is 16.4. The van der Waals surface area contributed by atoms with Crippen molar-refractivity contribution in [2.45, 2.75) is 0 Å². The van der Waals surface area contributed by atoms with Gasteiger partial charge in [0.1, 0.15) is 5.75 Å². The molecule has 5 rings (SSSR count). The van der Waals surface area contributed by atoms with Crippen molar-refractivity contribution < 1.29 is 9.53 Å². The van der Waals surface area contributed by atoms with E-state index in [0.29, 0.717) is 5.69 Å². The standard InChI is InChI=1S/C24H18N2O2/c1-28-16-11-9-15(10-12-16)25-24(27)26-22-14-13-20-18-6-3-2-5-17(18)19-7-4-8-21(22)23(19)20/h2-14H,1H3,(H2,25,26,27). The molecular weight excluding hydrogens is 348 g/mol. The van der Waals surface area contributed by atoms with Crippen LogP contribution >= 0.6 is 0 Å². The maximum atomic E-state index is 12.5. The Morgan fingerprint density at radius 2 is 1.39 bits per heavy atom. The third kappa shape index (κ3) is 2.58. The van der Waals surface area contributed by atoms with Gasteiger partial charge in [0, 0.05) is 11.1 Å².